The van der Waals surface area contributed by atoms with E-state index in [2.05, 4.69) is 15.4 Å². The Balaban J connectivity index is 1.73. The highest BCUT2D eigenvalue weighted by atomic mass is 35.5. The van der Waals surface area contributed by atoms with E-state index in [4.69, 9.17) is 11.6 Å². The van der Waals surface area contributed by atoms with Crippen LogP contribution in [0.5, 0.6) is 0 Å². The number of fused-ring (bicyclic) bond motifs is 1. The van der Waals surface area contributed by atoms with E-state index in [0.29, 0.717) is 40.8 Å². The lowest BCUT2D eigenvalue weighted by Gasteiger charge is -2.11. The Kier molecular flexibility index (Phi) is 6.74. The van der Waals surface area contributed by atoms with Crippen LogP contribution in [0.25, 0.3) is 11.0 Å². The van der Waals surface area contributed by atoms with Crippen molar-refractivity contribution >= 4 is 40.3 Å². The van der Waals surface area contributed by atoms with Crippen molar-refractivity contribution in [3.8, 4) is 0 Å². The van der Waals surface area contributed by atoms with Crippen LogP contribution in [0.3, 0.4) is 0 Å². The number of nitrogens with zero attached hydrogens (tertiary/aromatic N) is 4. The molecule has 3 aromatic rings. The van der Waals surface area contributed by atoms with E-state index in [1.807, 2.05) is 32.0 Å². The monoisotopic (exact) mass is 419 g/mol. The first-order chi connectivity index (χ1) is 13.5. The minimum absolute atomic E-state index is 0.147. The van der Waals surface area contributed by atoms with Crippen LogP contribution in [0.4, 0.5) is 0 Å². The van der Waals surface area contributed by atoms with E-state index < -0.39 is 0 Å². The molecule has 0 bridgehead atoms. The molecular weight excluding hydrogens is 398 g/mol. The van der Waals surface area contributed by atoms with E-state index in [0.717, 1.165) is 12.0 Å². The van der Waals surface area contributed by atoms with Crippen molar-refractivity contribution in [3.63, 3.8) is 0 Å². The Bertz CT molecular complexity index is 1050. The lowest BCUT2D eigenvalue weighted by atomic mass is 10.2. The maximum atomic E-state index is 12.8. The number of aryl methyl sites for hydroxylation is 1. The first-order valence-electron chi connectivity index (χ1n) is 9.14. The van der Waals surface area contributed by atoms with Crippen molar-refractivity contribution in [2.45, 2.75) is 45.1 Å². The molecule has 0 unspecified atom stereocenters. The van der Waals surface area contributed by atoms with Crippen LogP contribution in [0, 0.1) is 0 Å². The van der Waals surface area contributed by atoms with Gasteiger partial charge in [0.2, 0.25) is 5.91 Å². The summed E-state index contributed by atoms with van der Waals surface area (Å²) < 4.78 is 3.29. The van der Waals surface area contributed by atoms with Crippen molar-refractivity contribution in [1.29, 1.82) is 0 Å². The van der Waals surface area contributed by atoms with Gasteiger partial charge in [-0.3, -0.25) is 18.8 Å². The van der Waals surface area contributed by atoms with Crippen LogP contribution >= 0.6 is 23.4 Å². The number of carbonyl (C=O) groups excluding carboxylic acids is 1. The molecule has 3 rings (SSSR count). The highest BCUT2D eigenvalue weighted by Crippen LogP contribution is 2.18. The Morgan fingerprint density at radius 2 is 2.07 bits per heavy atom. The van der Waals surface area contributed by atoms with Crippen LogP contribution in [0.1, 0.15) is 25.8 Å². The molecule has 0 spiro atoms. The van der Waals surface area contributed by atoms with Crippen molar-refractivity contribution in [3.05, 3.63) is 51.4 Å². The van der Waals surface area contributed by atoms with Gasteiger partial charge >= 0.3 is 0 Å². The minimum atomic E-state index is -0.168. The number of carbonyl (C=O) groups is 1. The summed E-state index contributed by atoms with van der Waals surface area (Å²) in [6.07, 6.45) is 2.54. The van der Waals surface area contributed by atoms with E-state index in [-0.39, 0.29) is 17.2 Å². The van der Waals surface area contributed by atoms with Gasteiger partial charge in [0.05, 0.1) is 11.9 Å². The summed E-state index contributed by atoms with van der Waals surface area (Å²) >= 11 is 7.36. The quantitative estimate of drug-likeness (QED) is 0.448. The summed E-state index contributed by atoms with van der Waals surface area (Å²) in [6.45, 7) is 5.50. The summed E-state index contributed by atoms with van der Waals surface area (Å²) in [7, 11) is 0. The molecule has 0 aliphatic carbocycles. The number of hydrogen-bond donors (Lipinski definition) is 1. The molecule has 0 aliphatic heterocycles. The summed E-state index contributed by atoms with van der Waals surface area (Å²) in [4.78, 5) is 29.6. The molecule has 0 aliphatic rings. The highest BCUT2D eigenvalue weighted by molar-refractivity contribution is 7.99. The predicted octanol–water partition coefficient (Wildman–Crippen LogP) is 3.08. The number of amides is 1. The number of rotatable bonds is 8. The van der Waals surface area contributed by atoms with E-state index in [9.17, 15) is 9.59 Å². The third kappa shape index (κ3) is 4.56. The van der Waals surface area contributed by atoms with Gasteiger partial charge in [0.25, 0.3) is 5.56 Å². The molecule has 2 aromatic heterocycles. The van der Waals surface area contributed by atoms with Gasteiger partial charge in [-0.2, -0.15) is 5.10 Å². The number of nitrogens with one attached hydrogen (secondary N) is 1. The van der Waals surface area contributed by atoms with Crippen molar-refractivity contribution < 1.29 is 4.79 Å². The van der Waals surface area contributed by atoms with Crippen LogP contribution in [-0.2, 0) is 24.4 Å². The molecule has 0 fully saturated rings. The summed E-state index contributed by atoms with van der Waals surface area (Å²) in [5, 5.41) is 8.30. The average Bonchev–Trinajstić information content (AvgIpc) is 3.12. The molecule has 7 nitrogen and oxygen atoms in total. The van der Waals surface area contributed by atoms with Crippen molar-refractivity contribution in [2.75, 3.05) is 5.75 Å². The van der Waals surface area contributed by atoms with Crippen molar-refractivity contribution in [1.82, 2.24) is 24.6 Å². The number of halogens is 1. The molecule has 0 saturated carbocycles. The minimum Gasteiger partial charge on any atom is -0.351 e. The zero-order valence-corrected chi connectivity index (χ0v) is 17.4. The molecule has 0 saturated heterocycles. The van der Waals surface area contributed by atoms with Gasteiger partial charge in [-0.1, -0.05) is 48.5 Å². The molecular formula is C19H22ClN5O2S. The molecule has 28 heavy (non-hydrogen) atoms. The Labute approximate surface area is 172 Å². The van der Waals surface area contributed by atoms with E-state index >= 15 is 0 Å². The molecule has 1 aromatic carbocycles. The predicted molar refractivity (Wildman–Crippen MR) is 112 cm³/mol. The van der Waals surface area contributed by atoms with Gasteiger partial charge in [0, 0.05) is 24.7 Å². The molecule has 9 heteroatoms. The zero-order valence-electron chi connectivity index (χ0n) is 15.8. The SMILES string of the molecule is CCCn1c(SCC(=O)NCc2ccccc2Cl)nc2cn(CC)nc2c1=O. The maximum absolute atomic E-state index is 12.8. The molecule has 0 atom stereocenters. The van der Waals surface area contributed by atoms with Crippen molar-refractivity contribution in [2.24, 2.45) is 0 Å². The van der Waals surface area contributed by atoms with Gasteiger partial charge in [-0.15, -0.1) is 0 Å². The van der Waals surface area contributed by atoms with Crippen LogP contribution < -0.4 is 10.9 Å². The fraction of sp³-hybridized carbons (Fsp3) is 0.368. The smallest absolute Gasteiger partial charge is 0.282 e. The highest BCUT2D eigenvalue weighted by Gasteiger charge is 2.15. The topological polar surface area (TPSA) is 81.8 Å². The number of thioether (sulfide) groups is 1. The Morgan fingerprint density at radius 1 is 1.29 bits per heavy atom. The summed E-state index contributed by atoms with van der Waals surface area (Å²) in [5.74, 6) is 0.0140. The van der Waals surface area contributed by atoms with Crippen LogP contribution in [-0.4, -0.2) is 31.0 Å². The second kappa shape index (κ2) is 9.25. The lowest BCUT2D eigenvalue weighted by Crippen LogP contribution is -2.27. The maximum Gasteiger partial charge on any atom is 0.282 e. The van der Waals surface area contributed by atoms with Gasteiger partial charge in [-0.05, 0) is 25.0 Å². The largest absolute Gasteiger partial charge is 0.351 e. The fourth-order valence-electron chi connectivity index (χ4n) is 2.73. The van der Waals surface area contributed by atoms with Gasteiger partial charge in [0.1, 0.15) is 5.52 Å². The van der Waals surface area contributed by atoms with Gasteiger partial charge in [0.15, 0.2) is 10.7 Å². The Morgan fingerprint density at radius 3 is 2.79 bits per heavy atom. The fourth-order valence-corrected chi connectivity index (χ4v) is 3.79. The zero-order chi connectivity index (χ0) is 20.1. The molecule has 1 N–H and O–H groups in total. The molecule has 0 radical (unpaired) electrons. The lowest BCUT2D eigenvalue weighted by molar-refractivity contribution is -0.118. The van der Waals surface area contributed by atoms with E-state index in [1.54, 1.807) is 21.5 Å². The first-order valence-corrected chi connectivity index (χ1v) is 10.5. The first kappa shape index (κ1) is 20.4. The average molecular weight is 420 g/mol. The standard InChI is InChI=1S/C19H22ClN5O2S/c1-3-9-25-18(27)17-15(11-24(4-2)23-17)22-19(25)28-12-16(26)21-10-13-7-5-6-8-14(13)20/h5-8,11H,3-4,9-10,12H2,1-2H3,(H,21,26). The Hall–Kier alpha value is -2.32. The number of benzene rings is 1. The third-order valence-corrected chi connectivity index (χ3v) is 5.52. The number of aromatic nitrogens is 4. The van der Waals surface area contributed by atoms with E-state index in [1.165, 1.54) is 11.8 Å². The summed E-state index contributed by atoms with van der Waals surface area (Å²) in [6, 6.07) is 7.38. The normalized spacial score (nSPS) is 11.1. The number of hydrogen-bond acceptors (Lipinski definition) is 5. The second-order valence-electron chi connectivity index (χ2n) is 6.23. The van der Waals surface area contributed by atoms with Crippen LogP contribution in [0.15, 0.2) is 40.4 Å². The van der Waals surface area contributed by atoms with Crippen LogP contribution in [0.2, 0.25) is 5.02 Å². The third-order valence-electron chi connectivity index (χ3n) is 4.17. The molecule has 1 amide bonds. The summed E-state index contributed by atoms with van der Waals surface area (Å²) in [5.41, 5.74) is 1.61. The van der Waals surface area contributed by atoms with Gasteiger partial charge in [-0.25, -0.2) is 4.98 Å². The van der Waals surface area contributed by atoms with Gasteiger partial charge < -0.3 is 5.32 Å². The molecule has 148 valence electrons. The molecule has 2 heterocycles. The second-order valence-corrected chi connectivity index (χ2v) is 7.58.